The van der Waals surface area contributed by atoms with Gasteiger partial charge in [-0.2, -0.15) is 9.71 Å². The van der Waals surface area contributed by atoms with Crippen LogP contribution in [-0.4, -0.2) is 14.1 Å². The maximum atomic E-state index is 12.5. The van der Waals surface area contributed by atoms with E-state index in [1.165, 1.54) is 7.05 Å². The molecule has 7 nitrogen and oxygen atoms in total. The minimum atomic E-state index is -0.666. The van der Waals surface area contributed by atoms with Crippen molar-refractivity contribution in [1.29, 1.82) is 0 Å². The van der Waals surface area contributed by atoms with E-state index in [0.29, 0.717) is 22.3 Å². The molecule has 0 saturated heterocycles. The fraction of sp³-hybridized carbons (Fsp3) is 0.286. The molecule has 108 valence electrons. The average Bonchev–Trinajstić information content (AvgIpc) is 2.46. The van der Waals surface area contributed by atoms with E-state index in [1.807, 2.05) is 19.9 Å². The number of nitrogens with zero attached hydrogens (tertiary/aromatic N) is 4. The summed E-state index contributed by atoms with van der Waals surface area (Å²) < 4.78 is 3.12. The SMILES string of the molecule is CCn1c2nc(=O)n(C)c(=O)c-2[n+]([O-])c2cc(C)ccc21. The molecule has 2 aliphatic rings. The molecule has 2 aliphatic heterocycles. The molecule has 1 aromatic carbocycles. The summed E-state index contributed by atoms with van der Waals surface area (Å²) in [4.78, 5) is 27.9. The van der Waals surface area contributed by atoms with Crippen molar-refractivity contribution in [2.75, 3.05) is 0 Å². The molecule has 0 radical (unpaired) electrons. The number of rotatable bonds is 1. The lowest BCUT2D eigenvalue weighted by Gasteiger charge is -2.16. The van der Waals surface area contributed by atoms with Crippen LogP contribution < -0.4 is 16.0 Å². The molecular weight excluding hydrogens is 272 g/mol. The fourth-order valence-electron chi connectivity index (χ4n) is 2.50. The van der Waals surface area contributed by atoms with E-state index in [1.54, 1.807) is 16.7 Å². The van der Waals surface area contributed by atoms with E-state index in [-0.39, 0.29) is 11.5 Å². The van der Waals surface area contributed by atoms with Crippen molar-refractivity contribution < 1.29 is 4.73 Å². The smallest absolute Gasteiger partial charge is 0.352 e. The van der Waals surface area contributed by atoms with Gasteiger partial charge in [0.05, 0.1) is 0 Å². The van der Waals surface area contributed by atoms with Crippen LogP contribution in [0.25, 0.3) is 22.6 Å². The number of fused-ring (bicyclic) bond motifs is 2. The number of hydrogen-bond donors (Lipinski definition) is 0. The molecule has 3 rings (SSSR count). The summed E-state index contributed by atoms with van der Waals surface area (Å²) in [5.74, 6) is 0.122. The molecule has 0 fully saturated rings. The van der Waals surface area contributed by atoms with E-state index in [0.717, 1.165) is 10.1 Å². The van der Waals surface area contributed by atoms with Crippen LogP contribution >= 0.6 is 0 Å². The molecule has 0 aromatic heterocycles. The zero-order chi connectivity index (χ0) is 15.3. The van der Waals surface area contributed by atoms with Gasteiger partial charge in [-0.3, -0.25) is 9.36 Å². The van der Waals surface area contributed by atoms with Crippen molar-refractivity contribution in [3.05, 3.63) is 49.8 Å². The predicted molar refractivity (Wildman–Crippen MR) is 77.2 cm³/mol. The van der Waals surface area contributed by atoms with Crippen LogP contribution in [0, 0.1) is 12.1 Å². The van der Waals surface area contributed by atoms with Crippen molar-refractivity contribution in [1.82, 2.24) is 14.1 Å². The highest BCUT2D eigenvalue weighted by Gasteiger charge is 2.28. The third-order valence-electron chi connectivity index (χ3n) is 3.62. The molecule has 0 N–H and O–H groups in total. The van der Waals surface area contributed by atoms with Crippen molar-refractivity contribution in [3.63, 3.8) is 0 Å². The van der Waals surface area contributed by atoms with Gasteiger partial charge < -0.3 is 9.77 Å². The van der Waals surface area contributed by atoms with Crippen LogP contribution in [0.5, 0.6) is 0 Å². The Bertz CT molecular complexity index is 955. The summed E-state index contributed by atoms with van der Waals surface area (Å²) >= 11 is 0. The van der Waals surface area contributed by atoms with Crippen molar-refractivity contribution in [2.45, 2.75) is 20.4 Å². The van der Waals surface area contributed by atoms with E-state index < -0.39 is 11.2 Å². The molecule has 1 aromatic rings. The first-order valence-corrected chi connectivity index (χ1v) is 6.59. The Morgan fingerprint density at radius 2 is 2.05 bits per heavy atom. The largest absolute Gasteiger partial charge is 0.618 e. The topological polar surface area (TPSA) is 83.8 Å². The van der Waals surface area contributed by atoms with Gasteiger partial charge in [-0.15, -0.1) is 0 Å². The summed E-state index contributed by atoms with van der Waals surface area (Å²) in [6.07, 6.45) is 0. The second-order valence-corrected chi connectivity index (χ2v) is 4.96. The van der Waals surface area contributed by atoms with Crippen molar-refractivity contribution in [3.8, 4) is 11.5 Å². The quantitative estimate of drug-likeness (QED) is 0.362. The van der Waals surface area contributed by atoms with E-state index in [9.17, 15) is 14.8 Å². The second kappa shape index (κ2) is 4.41. The van der Waals surface area contributed by atoms with Gasteiger partial charge in [0.25, 0.3) is 0 Å². The second-order valence-electron chi connectivity index (χ2n) is 4.96. The van der Waals surface area contributed by atoms with Crippen LogP contribution in [0.15, 0.2) is 27.8 Å². The maximum absolute atomic E-state index is 12.5. The van der Waals surface area contributed by atoms with Gasteiger partial charge in [-0.1, -0.05) is 6.07 Å². The zero-order valence-corrected chi connectivity index (χ0v) is 12.0. The Hall–Kier alpha value is -2.70. The van der Waals surface area contributed by atoms with Crippen LogP contribution in [-0.2, 0) is 13.6 Å². The third kappa shape index (κ3) is 1.74. The Balaban J connectivity index is 2.70. The molecule has 0 atom stereocenters. The Labute approximate surface area is 119 Å². The Morgan fingerprint density at radius 3 is 2.71 bits per heavy atom. The van der Waals surface area contributed by atoms with Gasteiger partial charge in [0.1, 0.15) is 5.52 Å². The molecule has 0 bridgehead atoms. The van der Waals surface area contributed by atoms with Crippen molar-refractivity contribution >= 4 is 11.0 Å². The normalized spacial score (nSPS) is 11.4. The number of hydrogen-bond acceptors (Lipinski definition) is 4. The van der Waals surface area contributed by atoms with Gasteiger partial charge >= 0.3 is 16.9 Å². The highest BCUT2D eigenvalue weighted by Crippen LogP contribution is 2.19. The highest BCUT2D eigenvalue weighted by atomic mass is 16.5. The predicted octanol–water partition coefficient (Wildman–Crippen LogP) is 0.162. The van der Waals surface area contributed by atoms with Gasteiger partial charge in [-0.25, -0.2) is 4.79 Å². The summed E-state index contributed by atoms with van der Waals surface area (Å²) in [5, 5.41) is 12.5. The fourth-order valence-corrected chi connectivity index (χ4v) is 2.50. The van der Waals surface area contributed by atoms with Gasteiger partial charge in [0.15, 0.2) is 0 Å². The van der Waals surface area contributed by atoms with E-state index in [4.69, 9.17) is 0 Å². The molecule has 0 spiro atoms. The third-order valence-corrected chi connectivity index (χ3v) is 3.62. The Morgan fingerprint density at radius 1 is 1.33 bits per heavy atom. The maximum Gasteiger partial charge on any atom is 0.352 e. The molecule has 0 unspecified atom stereocenters. The zero-order valence-electron chi connectivity index (χ0n) is 12.0. The molecule has 0 amide bonds. The lowest BCUT2D eigenvalue weighted by Crippen LogP contribution is -2.46. The van der Waals surface area contributed by atoms with Crippen molar-refractivity contribution in [2.24, 2.45) is 7.05 Å². The van der Waals surface area contributed by atoms with Crippen LogP contribution in [0.3, 0.4) is 0 Å². The number of benzene rings is 1. The van der Waals surface area contributed by atoms with Gasteiger partial charge in [0.2, 0.25) is 11.3 Å². The van der Waals surface area contributed by atoms with E-state index >= 15 is 0 Å². The molecule has 2 heterocycles. The van der Waals surface area contributed by atoms with E-state index in [2.05, 4.69) is 4.98 Å². The monoisotopic (exact) mass is 286 g/mol. The van der Waals surface area contributed by atoms with Crippen LogP contribution in [0.4, 0.5) is 0 Å². The first-order valence-electron chi connectivity index (χ1n) is 6.59. The van der Waals surface area contributed by atoms with Gasteiger partial charge in [0, 0.05) is 19.7 Å². The minimum absolute atomic E-state index is 0.114. The number of aryl methyl sites for hydroxylation is 2. The number of aromatic nitrogens is 4. The molecule has 0 aliphatic carbocycles. The molecule has 0 saturated carbocycles. The molecule has 7 heteroatoms. The van der Waals surface area contributed by atoms with Crippen LogP contribution in [0.2, 0.25) is 0 Å². The molecular formula is C14H14N4O3. The first-order chi connectivity index (χ1) is 9.95. The van der Waals surface area contributed by atoms with Crippen LogP contribution in [0.1, 0.15) is 12.5 Å². The first kappa shape index (κ1) is 13.3. The summed E-state index contributed by atoms with van der Waals surface area (Å²) in [7, 11) is 1.31. The molecule has 21 heavy (non-hydrogen) atoms. The lowest BCUT2D eigenvalue weighted by atomic mass is 10.2. The summed E-state index contributed by atoms with van der Waals surface area (Å²) in [5.41, 5.74) is 0.538. The summed E-state index contributed by atoms with van der Waals surface area (Å²) in [6, 6.07) is 5.39. The lowest BCUT2D eigenvalue weighted by molar-refractivity contribution is -0.567. The minimum Gasteiger partial charge on any atom is -0.618 e. The summed E-state index contributed by atoms with van der Waals surface area (Å²) in [6.45, 7) is 4.24. The average molecular weight is 286 g/mol. The standard InChI is InChI=1S/C14H14N4O3/c1-4-17-9-6-5-8(2)7-10(9)18(21)11-12(17)15-14(20)16(3)13(11)19/h5-7H,4H2,1-3H3. The Kier molecular flexibility index (Phi) is 2.79. The van der Waals surface area contributed by atoms with Gasteiger partial charge in [-0.05, 0) is 25.5 Å². The highest BCUT2D eigenvalue weighted by molar-refractivity contribution is 5.76.